The molecule has 1 amide bonds. The first-order valence-electron chi connectivity index (χ1n) is 10.9. The molecular formula is C23H31N5O. The number of anilines is 1. The van der Waals surface area contributed by atoms with Gasteiger partial charge >= 0.3 is 0 Å². The summed E-state index contributed by atoms with van der Waals surface area (Å²) >= 11 is 0. The van der Waals surface area contributed by atoms with E-state index in [-0.39, 0.29) is 5.91 Å². The lowest BCUT2D eigenvalue weighted by molar-refractivity contribution is 0.0627. The third kappa shape index (κ3) is 5.54. The van der Waals surface area contributed by atoms with Gasteiger partial charge in [0.2, 0.25) is 5.95 Å². The molecule has 1 N–H and O–H groups in total. The minimum absolute atomic E-state index is 0.0328. The fraction of sp³-hybridized carbons (Fsp3) is 0.522. The molecule has 2 heterocycles. The lowest BCUT2D eigenvalue weighted by Crippen LogP contribution is -2.48. The molecule has 4 rings (SSSR count). The molecular weight excluding hydrogens is 362 g/mol. The molecule has 1 saturated heterocycles. The highest BCUT2D eigenvalue weighted by atomic mass is 16.2. The first-order chi connectivity index (χ1) is 14.3. The number of hydrogen-bond donors (Lipinski definition) is 1. The molecule has 2 aliphatic rings. The molecule has 0 atom stereocenters. The van der Waals surface area contributed by atoms with Gasteiger partial charge in [0.05, 0.1) is 5.56 Å². The fourth-order valence-corrected chi connectivity index (χ4v) is 4.25. The summed E-state index contributed by atoms with van der Waals surface area (Å²) in [4.78, 5) is 26.0. The molecule has 1 aromatic heterocycles. The van der Waals surface area contributed by atoms with E-state index in [1.807, 2.05) is 11.0 Å². The van der Waals surface area contributed by atoms with Gasteiger partial charge in [-0.3, -0.25) is 9.69 Å². The number of hydrogen-bond acceptors (Lipinski definition) is 5. The molecule has 6 heteroatoms. The van der Waals surface area contributed by atoms with E-state index in [4.69, 9.17) is 0 Å². The minimum Gasteiger partial charge on any atom is -0.351 e. The second-order valence-electron chi connectivity index (χ2n) is 8.18. The van der Waals surface area contributed by atoms with Gasteiger partial charge in [-0.1, -0.05) is 56.0 Å². The molecule has 29 heavy (non-hydrogen) atoms. The topological polar surface area (TPSA) is 61.4 Å². The highest BCUT2D eigenvalue weighted by Crippen LogP contribution is 2.20. The van der Waals surface area contributed by atoms with E-state index in [0.717, 1.165) is 32.7 Å². The molecule has 0 radical (unpaired) electrons. The molecule has 2 aromatic rings. The van der Waals surface area contributed by atoms with E-state index in [2.05, 4.69) is 44.5 Å². The number of piperazine rings is 1. The van der Waals surface area contributed by atoms with Crippen molar-refractivity contribution in [3.63, 3.8) is 0 Å². The van der Waals surface area contributed by atoms with Crippen LogP contribution in [0.4, 0.5) is 5.95 Å². The number of benzene rings is 1. The van der Waals surface area contributed by atoms with E-state index >= 15 is 0 Å². The van der Waals surface area contributed by atoms with Crippen LogP contribution in [0.1, 0.15) is 54.4 Å². The van der Waals surface area contributed by atoms with Gasteiger partial charge in [-0.2, -0.15) is 0 Å². The van der Waals surface area contributed by atoms with E-state index < -0.39 is 0 Å². The summed E-state index contributed by atoms with van der Waals surface area (Å²) < 4.78 is 0. The van der Waals surface area contributed by atoms with Gasteiger partial charge in [0.15, 0.2) is 0 Å². The van der Waals surface area contributed by atoms with E-state index in [0.29, 0.717) is 17.6 Å². The van der Waals surface area contributed by atoms with Gasteiger partial charge in [0.1, 0.15) is 0 Å². The van der Waals surface area contributed by atoms with Crippen LogP contribution in [0.3, 0.4) is 0 Å². The van der Waals surface area contributed by atoms with Crippen molar-refractivity contribution in [3.05, 3.63) is 53.9 Å². The van der Waals surface area contributed by atoms with Crippen LogP contribution in [0.25, 0.3) is 0 Å². The lowest BCUT2D eigenvalue weighted by atomic mass is 10.1. The number of carbonyl (C=O) groups excluding carboxylic acids is 1. The number of aromatic nitrogens is 2. The molecule has 2 fully saturated rings. The first-order valence-corrected chi connectivity index (χ1v) is 10.9. The zero-order valence-corrected chi connectivity index (χ0v) is 17.1. The average molecular weight is 394 g/mol. The predicted octanol–water partition coefficient (Wildman–Crippen LogP) is 3.57. The normalized spacial score (nSPS) is 19.0. The van der Waals surface area contributed by atoms with Crippen molar-refractivity contribution in [2.45, 2.75) is 51.1 Å². The Labute approximate surface area is 173 Å². The molecule has 0 spiro atoms. The Morgan fingerprint density at radius 2 is 1.59 bits per heavy atom. The van der Waals surface area contributed by atoms with E-state index in [1.165, 1.54) is 44.1 Å². The van der Waals surface area contributed by atoms with Crippen LogP contribution in [0, 0.1) is 0 Å². The van der Waals surface area contributed by atoms with Gasteiger partial charge in [-0.05, 0) is 18.4 Å². The van der Waals surface area contributed by atoms with E-state index in [9.17, 15) is 4.79 Å². The minimum atomic E-state index is 0.0328. The Morgan fingerprint density at radius 1 is 0.931 bits per heavy atom. The summed E-state index contributed by atoms with van der Waals surface area (Å²) in [6.07, 6.45) is 10.9. The Kier molecular flexibility index (Phi) is 6.72. The zero-order chi connectivity index (χ0) is 19.9. The molecule has 1 aliphatic carbocycles. The first kappa shape index (κ1) is 19.8. The maximum absolute atomic E-state index is 12.8. The van der Waals surface area contributed by atoms with Gasteiger partial charge in [0.25, 0.3) is 5.91 Å². The molecule has 1 saturated carbocycles. The summed E-state index contributed by atoms with van der Waals surface area (Å²) in [6.45, 7) is 4.21. The Balaban J connectivity index is 1.27. The second-order valence-corrected chi connectivity index (χ2v) is 8.18. The van der Waals surface area contributed by atoms with Crippen LogP contribution >= 0.6 is 0 Å². The number of carbonyl (C=O) groups is 1. The van der Waals surface area contributed by atoms with Crippen molar-refractivity contribution in [1.82, 2.24) is 19.8 Å². The largest absolute Gasteiger partial charge is 0.351 e. The van der Waals surface area contributed by atoms with E-state index in [1.54, 1.807) is 12.4 Å². The lowest BCUT2D eigenvalue weighted by Gasteiger charge is -2.34. The van der Waals surface area contributed by atoms with Crippen molar-refractivity contribution in [3.8, 4) is 0 Å². The Morgan fingerprint density at radius 3 is 2.24 bits per heavy atom. The van der Waals surface area contributed by atoms with Crippen LogP contribution < -0.4 is 5.32 Å². The smallest absolute Gasteiger partial charge is 0.257 e. The van der Waals surface area contributed by atoms with Crippen LogP contribution in [0.15, 0.2) is 42.7 Å². The third-order valence-corrected chi connectivity index (χ3v) is 6.00. The van der Waals surface area contributed by atoms with Crippen LogP contribution in [0.2, 0.25) is 0 Å². The Bertz CT molecular complexity index is 764. The molecule has 1 aromatic carbocycles. The molecule has 0 unspecified atom stereocenters. The van der Waals surface area contributed by atoms with Gasteiger partial charge in [0, 0.05) is 51.2 Å². The molecule has 1 aliphatic heterocycles. The Hall–Kier alpha value is -2.47. The molecule has 154 valence electrons. The summed E-state index contributed by atoms with van der Waals surface area (Å²) in [5, 5.41) is 3.44. The number of nitrogens with zero attached hydrogens (tertiary/aromatic N) is 4. The second kappa shape index (κ2) is 9.83. The quantitative estimate of drug-likeness (QED) is 0.787. The van der Waals surface area contributed by atoms with Gasteiger partial charge < -0.3 is 10.2 Å². The van der Waals surface area contributed by atoms with Crippen molar-refractivity contribution < 1.29 is 4.79 Å². The van der Waals surface area contributed by atoms with Crippen LogP contribution in [-0.4, -0.2) is 57.9 Å². The van der Waals surface area contributed by atoms with Crippen LogP contribution in [0.5, 0.6) is 0 Å². The summed E-state index contributed by atoms with van der Waals surface area (Å²) in [6, 6.07) is 10.9. The zero-order valence-electron chi connectivity index (χ0n) is 17.1. The highest BCUT2D eigenvalue weighted by Gasteiger charge is 2.23. The van der Waals surface area contributed by atoms with Crippen molar-refractivity contribution in [2.75, 3.05) is 31.5 Å². The summed E-state index contributed by atoms with van der Waals surface area (Å²) in [5.41, 5.74) is 1.89. The SMILES string of the molecule is O=C(c1cnc(NC2CCCCCC2)nc1)N1CCN(Cc2ccccc2)CC1. The maximum Gasteiger partial charge on any atom is 0.257 e. The number of amides is 1. The van der Waals surface area contributed by atoms with Gasteiger partial charge in [-0.25, -0.2) is 9.97 Å². The number of rotatable bonds is 5. The van der Waals surface area contributed by atoms with Crippen LogP contribution in [-0.2, 0) is 6.54 Å². The van der Waals surface area contributed by atoms with Crippen molar-refractivity contribution in [2.24, 2.45) is 0 Å². The molecule has 0 bridgehead atoms. The predicted molar refractivity (Wildman–Crippen MR) is 115 cm³/mol. The molecule has 6 nitrogen and oxygen atoms in total. The van der Waals surface area contributed by atoms with Crippen molar-refractivity contribution in [1.29, 1.82) is 0 Å². The summed E-state index contributed by atoms with van der Waals surface area (Å²) in [7, 11) is 0. The van der Waals surface area contributed by atoms with Crippen molar-refractivity contribution >= 4 is 11.9 Å². The van der Waals surface area contributed by atoms with Gasteiger partial charge in [-0.15, -0.1) is 0 Å². The standard InChI is InChI=1S/C23H31N5O/c29-22(28-14-12-27(13-15-28)18-19-8-4-3-5-9-19)20-16-24-23(25-17-20)26-21-10-6-1-2-7-11-21/h3-5,8-9,16-17,21H,1-2,6-7,10-15,18H2,(H,24,25,26). The third-order valence-electron chi connectivity index (χ3n) is 6.00. The number of nitrogens with one attached hydrogen (secondary N) is 1. The monoisotopic (exact) mass is 393 g/mol. The average Bonchev–Trinajstić information content (AvgIpc) is 3.04. The fourth-order valence-electron chi connectivity index (χ4n) is 4.25. The highest BCUT2D eigenvalue weighted by molar-refractivity contribution is 5.93. The maximum atomic E-state index is 12.8. The summed E-state index contributed by atoms with van der Waals surface area (Å²) in [5.74, 6) is 0.673.